The Morgan fingerprint density at radius 1 is 1.50 bits per heavy atom. The first-order valence-electron chi connectivity index (χ1n) is 5.37. The van der Waals surface area contributed by atoms with Crippen LogP contribution in [0.4, 0.5) is 5.82 Å². The monoisotopic (exact) mass is 243 g/mol. The van der Waals surface area contributed by atoms with Crippen molar-refractivity contribution in [1.82, 2.24) is 9.97 Å². The second-order valence-corrected chi connectivity index (χ2v) is 4.20. The van der Waals surface area contributed by atoms with Crippen LogP contribution < -0.4 is 5.32 Å². The fourth-order valence-electron chi connectivity index (χ4n) is 1.36. The molecule has 0 aliphatic heterocycles. The number of methoxy groups -OCH3 is 1. The molecule has 0 bridgehead atoms. The van der Waals surface area contributed by atoms with Crippen molar-refractivity contribution < 1.29 is 4.74 Å². The third-order valence-electron chi connectivity index (χ3n) is 2.11. The van der Waals surface area contributed by atoms with Crippen LogP contribution in [-0.4, -0.2) is 35.6 Å². The summed E-state index contributed by atoms with van der Waals surface area (Å²) >= 11 is 6.01. The third kappa shape index (κ3) is 4.33. The van der Waals surface area contributed by atoms with Crippen molar-refractivity contribution >= 4 is 17.4 Å². The Kier molecular flexibility index (Phi) is 5.49. The van der Waals surface area contributed by atoms with Crippen LogP contribution in [0.2, 0.25) is 0 Å². The molecule has 5 heteroatoms. The molecule has 0 saturated heterocycles. The zero-order valence-corrected chi connectivity index (χ0v) is 10.7. The molecule has 1 rings (SSSR count). The molecule has 0 saturated carbocycles. The second-order valence-electron chi connectivity index (χ2n) is 3.58. The number of halogens is 1. The van der Waals surface area contributed by atoms with Gasteiger partial charge in [0.1, 0.15) is 11.6 Å². The lowest BCUT2D eigenvalue weighted by Gasteiger charge is -2.11. The first kappa shape index (κ1) is 13.2. The molecule has 1 aromatic rings. The first-order chi connectivity index (χ1) is 7.65. The summed E-state index contributed by atoms with van der Waals surface area (Å²) in [5.74, 6) is 1.60. The first-order valence-corrected chi connectivity index (χ1v) is 5.80. The zero-order chi connectivity index (χ0) is 12.0. The number of nitrogens with zero attached hydrogens (tertiary/aromatic N) is 2. The molecular formula is C11H18ClN3O. The Hall–Kier alpha value is -0.870. The Bertz CT molecular complexity index is 333. The molecule has 0 aliphatic carbocycles. The quantitative estimate of drug-likeness (QED) is 0.777. The van der Waals surface area contributed by atoms with Crippen LogP contribution >= 0.6 is 11.6 Å². The van der Waals surface area contributed by atoms with Gasteiger partial charge >= 0.3 is 0 Å². The lowest BCUT2D eigenvalue weighted by Crippen LogP contribution is -2.19. The lowest BCUT2D eigenvalue weighted by molar-refractivity contribution is 0.200. The maximum Gasteiger partial charge on any atom is 0.129 e. The molecule has 1 atom stereocenters. The summed E-state index contributed by atoms with van der Waals surface area (Å²) < 4.78 is 4.96. The number of aryl methyl sites for hydroxylation is 2. The van der Waals surface area contributed by atoms with Gasteiger partial charge in [0.25, 0.3) is 0 Å². The molecule has 0 amide bonds. The Morgan fingerprint density at radius 3 is 2.88 bits per heavy atom. The van der Waals surface area contributed by atoms with E-state index in [1.807, 2.05) is 13.0 Å². The van der Waals surface area contributed by atoms with Crippen molar-refractivity contribution in [2.45, 2.75) is 25.6 Å². The number of rotatable bonds is 6. The van der Waals surface area contributed by atoms with Crippen LogP contribution in [0.5, 0.6) is 0 Å². The molecule has 4 nitrogen and oxygen atoms in total. The van der Waals surface area contributed by atoms with E-state index in [0.717, 1.165) is 23.8 Å². The van der Waals surface area contributed by atoms with E-state index in [9.17, 15) is 0 Å². The molecule has 90 valence electrons. The molecule has 0 spiro atoms. The van der Waals surface area contributed by atoms with Gasteiger partial charge in [0.15, 0.2) is 0 Å². The number of hydrogen-bond donors (Lipinski definition) is 1. The topological polar surface area (TPSA) is 47.0 Å². The van der Waals surface area contributed by atoms with Crippen molar-refractivity contribution in [3.8, 4) is 0 Å². The van der Waals surface area contributed by atoms with E-state index in [2.05, 4.69) is 22.2 Å². The fourth-order valence-corrected chi connectivity index (χ4v) is 1.56. The van der Waals surface area contributed by atoms with Gasteiger partial charge in [-0.2, -0.15) is 0 Å². The van der Waals surface area contributed by atoms with Crippen LogP contribution in [0.15, 0.2) is 6.07 Å². The lowest BCUT2D eigenvalue weighted by atomic mass is 10.3. The van der Waals surface area contributed by atoms with Crippen molar-refractivity contribution in [2.75, 3.05) is 25.6 Å². The van der Waals surface area contributed by atoms with E-state index < -0.39 is 0 Å². The van der Waals surface area contributed by atoms with Gasteiger partial charge in [-0.3, -0.25) is 0 Å². The minimum Gasteiger partial charge on any atom is -0.383 e. The van der Waals surface area contributed by atoms with Gasteiger partial charge in [-0.25, -0.2) is 9.97 Å². The summed E-state index contributed by atoms with van der Waals surface area (Å²) in [6, 6.07) is 1.95. The summed E-state index contributed by atoms with van der Waals surface area (Å²) in [5.41, 5.74) is 1.04. The summed E-state index contributed by atoms with van der Waals surface area (Å²) in [7, 11) is 1.64. The van der Waals surface area contributed by atoms with Gasteiger partial charge in [-0.15, -0.1) is 11.6 Å². The van der Waals surface area contributed by atoms with Crippen LogP contribution in [0, 0.1) is 6.92 Å². The van der Waals surface area contributed by atoms with Crippen LogP contribution in [0.1, 0.15) is 18.4 Å². The largest absolute Gasteiger partial charge is 0.383 e. The minimum atomic E-state index is -0.0506. The van der Waals surface area contributed by atoms with Crippen LogP contribution in [0.3, 0.4) is 0 Å². The number of anilines is 1. The highest BCUT2D eigenvalue weighted by Crippen LogP contribution is 2.08. The molecule has 0 radical (unpaired) electrons. The van der Waals surface area contributed by atoms with Crippen LogP contribution in [0.25, 0.3) is 0 Å². The van der Waals surface area contributed by atoms with E-state index in [-0.39, 0.29) is 5.38 Å². The Labute approximate surface area is 101 Å². The maximum absolute atomic E-state index is 6.01. The average molecular weight is 244 g/mol. The van der Waals surface area contributed by atoms with Crippen LogP contribution in [-0.2, 0) is 11.2 Å². The van der Waals surface area contributed by atoms with E-state index in [4.69, 9.17) is 16.3 Å². The average Bonchev–Trinajstić information content (AvgIpc) is 2.26. The Balaban J connectivity index is 2.56. The molecule has 1 unspecified atom stereocenters. The van der Waals surface area contributed by atoms with Crippen molar-refractivity contribution in [2.24, 2.45) is 0 Å². The summed E-state index contributed by atoms with van der Waals surface area (Å²) in [6.07, 6.45) is 0.903. The van der Waals surface area contributed by atoms with Gasteiger partial charge < -0.3 is 10.1 Å². The summed E-state index contributed by atoms with van der Waals surface area (Å²) in [4.78, 5) is 8.60. The highest BCUT2D eigenvalue weighted by atomic mass is 35.5. The number of aromatic nitrogens is 2. The molecule has 1 aromatic heterocycles. The molecular weight excluding hydrogens is 226 g/mol. The number of nitrogens with one attached hydrogen (secondary N) is 1. The van der Waals surface area contributed by atoms with Gasteiger partial charge in [0.2, 0.25) is 0 Å². The van der Waals surface area contributed by atoms with Gasteiger partial charge in [-0.1, -0.05) is 6.92 Å². The Morgan fingerprint density at radius 2 is 2.25 bits per heavy atom. The SMILES string of the molecule is CCc1cc(NCC(Cl)COC)nc(C)n1. The zero-order valence-electron chi connectivity index (χ0n) is 9.96. The van der Waals surface area contributed by atoms with Crippen molar-refractivity contribution in [3.63, 3.8) is 0 Å². The number of hydrogen-bond acceptors (Lipinski definition) is 4. The third-order valence-corrected chi connectivity index (χ3v) is 2.39. The minimum absolute atomic E-state index is 0.0506. The molecule has 16 heavy (non-hydrogen) atoms. The smallest absolute Gasteiger partial charge is 0.129 e. The van der Waals surface area contributed by atoms with E-state index in [1.54, 1.807) is 7.11 Å². The molecule has 0 fully saturated rings. The van der Waals surface area contributed by atoms with Crippen molar-refractivity contribution in [3.05, 3.63) is 17.6 Å². The summed E-state index contributed by atoms with van der Waals surface area (Å²) in [6.45, 7) is 5.12. The van der Waals surface area contributed by atoms with Gasteiger partial charge in [0.05, 0.1) is 12.0 Å². The van der Waals surface area contributed by atoms with Crippen molar-refractivity contribution in [1.29, 1.82) is 0 Å². The van der Waals surface area contributed by atoms with E-state index in [1.165, 1.54) is 0 Å². The predicted molar refractivity (Wildman–Crippen MR) is 66.2 cm³/mol. The normalized spacial score (nSPS) is 12.5. The van der Waals surface area contributed by atoms with E-state index in [0.29, 0.717) is 13.2 Å². The second kappa shape index (κ2) is 6.66. The highest BCUT2D eigenvalue weighted by Gasteiger charge is 2.05. The number of ether oxygens (including phenoxy) is 1. The predicted octanol–water partition coefficient (Wildman–Crippen LogP) is 2.01. The van der Waals surface area contributed by atoms with Gasteiger partial charge in [-0.05, 0) is 13.3 Å². The fraction of sp³-hybridized carbons (Fsp3) is 0.636. The molecule has 0 aliphatic rings. The van der Waals surface area contributed by atoms with Gasteiger partial charge in [0, 0.05) is 25.4 Å². The summed E-state index contributed by atoms with van der Waals surface area (Å²) in [5, 5.41) is 3.13. The van der Waals surface area contributed by atoms with E-state index >= 15 is 0 Å². The molecule has 1 N–H and O–H groups in total. The molecule has 1 heterocycles. The standard InChI is InChI=1S/C11H18ClN3O/c1-4-10-5-11(15-8(2)14-10)13-6-9(12)7-16-3/h5,9H,4,6-7H2,1-3H3,(H,13,14,15). The highest BCUT2D eigenvalue weighted by molar-refractivity contribution is 6.21. The molecule has 0 aromatic carbocycles. The maximum atomic E-state index is 6.01. The number of alkyl halides is 1.